The van der Waals surface area contributed by atoms with Crippen molar-refractivity contribution in [3.8, 4) is 17.2 Å². The fourth-order valence-electron chi connectivity index (χ4n) is 1.78. The molecular formula is C15H11N3O. The van der Waals surface area contributed by atoms with Crippen LogP contribution in [0.5, 0.6) is 0 Å². The second kappa shape index (κ2) is 4.86. The summed E-state index contributed by atoms with van der Waals surface area (Å²) in [7, 11) is 0. The highest BCUT2D eigenvalue weighted by Crippen LogP contribution is 2.14. The number of hydrogen-bond acceptors (Lipinski definition) is 3. The molecule has 3 rings (SSSR count). The van der Waals surface area contributed by atoms with Gasteiger partial charge in [0.1, 0.15) is 5.82 Å². The van der Waals surface area contributed by atoms with E-state index in [-0.39, 0.29) is 5.43 Å². The Morgan fingerprint density at radius 3 is 2.37 bits per heavy atom. The summed E-state index contributed by atoms with van der Waals surface area (Å²) in [4.78, 5) is 19.9. The molecule has 0 bridgehead atoms. The van der Waals surface area contributed by atoms with Crippen LogP contribution in [0.2, 0.25) is 0 Å². The largest absolute Gasteiger partial charge is 0.308 e. The van der Waals surface area contributed by atoms with Gasteiger partial charge in [-0.05, 0) is 6.07 Å². The van der Waals surface area contributed by atoms with E-state index in [9.17, 15) is 4.79 Å². The van der Waals surface area contributed by atoms with Crippen LogP contribution in [0.3, 0.4) is 0 Å². The quantitative estimate of drug-likeness (QED) is 0.700. The summed E-state index contributed by atoms with van der Waals surface area (Å²) >= 11 is 0. The molecule has 0 N–H and O–H groups in total. The lowest BCUT2D eigenvalue weighted by Crippen LogP contribution is -2.04. The normalized spacial score (nSPS) is 10.3. The molecule has 19 heavy (non-hydrogen) atoms. The lowest BCUT2D eigenvalue weighted by Gasteiger charge is -2.06. The average molecular weight is 249 g/mol. The molecule has 0 spiro atoms. The molecule has 4 nitrogen and oxygen atoms in total. The van der Waals surface area contributed by atoms with Gasteiger partial charge in [-0.15, -0.1) is 0 Å². The van der Waals surface area contributed by atoms with Crippen LogP contribution < -0.4 is 5.43 Å². The van der Waals surface area contributed by atoms with Gasteiger partial charge in [-0.1, -0.05) is 30.3 Å². The highest BCUT2D eigenvalue weighted by Gasteiger charge is 2.02. The maximum atomic E-state index is 11.1. The van der Waals surface area contributed by atoms with Crippen molar-refractivity contribution in [1.29, 1.82) is 0 Å². The fraction of sp³-hybridized carbons (Fsp3) is 0. The summed E-state index contributed by atoms with van der Waals surface area (Å²) in [5, 5.41) is 0. The predicted molar refractivity (Wildman–Crippen MR) is 73.1 cm³/mol. The van der Waals surface area contributed by atoms with Gasteiger partial charge < -0.3 is 4.57 Å². The van der Waals surface area contributed by atoms with Crippen molar-refractivity contribution >= 4 is 0 Å². The maximum Gasteiger partial charge on any atom is 0.181 e. The van der Waals surface area contributed by atoms with E-state index < -0.39 is 0 Å². The Bertz CT molecular complexity index is 730. The Morgan fingerprint density at radius 1 is 0.895 bits per heavy atom. The summed E-state index contributed by atoms with van der Waals surface area (Å²) in [5.41, 5.74) is 0.944. The highest BCUT2D eigenvalue weighted by molar-refractivity contribution is 5.55. The van der Waals surface area contributed by atoms with Gasteiger partial charge >= 0.3 is 0 Å². The molecule has 92 valence electrons. The molecule has 0 unspecified atom stereocenters. The van der Waals surface area contributed by atoms with Crippen molar-refractivity contribution < 1.29 is 0 Å². The standard InChI is InChI=1S/C15H11N3O/c19-13-7-10-18(11-8-13)14-6-9-16-15(17-14)12-4-2-1-3-5-12/h1-11H. The minimum atomic E-state index is -0.0198. The molecule has 0 aliphatic heterocycles. The lowest BCUT2D eigenvalue weighted by molar-refractivity contribution is 0.964. The van der Waals surface area contributed by atoms with Crippen molar-refractivity contribution in [2.45, 2.75) is 0 Å². The van der Waals surface area contributed by atoms with E-state index in [0.29, 0.717) is 5.82 Å². The van der Waals surface area contributed by atoms with Gasteiger partial charge in [-0.2, -0.15) is 0 Å². The van der Waals surface area contributed by atoms with E-state index in [1.165, 1.54) is 12.1 Å². The van der Waals surface area contributed by atoms with Crippen LogP contribution in [0.15, 0.2) is 71.9 Å². The molecular weight excluding hydrogens is 238 g/mol. The SMILES string of the molecule is O=c1ccn(-c2ccnc(-c3ccccc3)n2)cc1. The van der Waals surface area contributed by atoms with E-state index in [1.54, 1.807) is 29.2 Å². The number of rotatable bonds is 2. The molecule has 0 fully saturated rings. The zero-order valence-corrected chi connectivity index (χ0v) is 10.1. The molecule has 3 aromatic rings. The number of hydrogen-bond donors (Lipinski definition) is 0. The molecule has 0 saturated carbocycles. The highest BCUT2D eigenvalue weighted by atomic mass is 16.1. The van der Waals surface area contributed by atoms with Gasteiger partial charge in [0.15, 0.2) is 11.3 Å². The molecule has 2 heterocycles. The first-order valence-corrected chi connectivity index (χ1v) is 5.90. The third kappa shape index (κ3) is 2.42. The van der Waals surface area contributed by atoms with Gasteiger partial charge in [0.25, 0.3) is 0 Å². The summed E-state index contributed by atoms with van der Waals surface area (Å²) in [5.74, 6) is 1.39. The fourth-order valence-corrected chi connectivity index (χ4v) is 1.78. The van der Waals surface area contributed by atoms with Gasteiger partial charge in [0, 0.05) is 36.3 Å². The predicted octanol–water partition coefficient (Wildman–Crippen LogP) is 2.29. The van der Waals surface area contributed by atoms with Crippen LogP contribution >= 0.6 is 0 Å². The van der Waals surface area contributed by atoms with Gasteiger partial charge in [-0.3, -0.25) is 4.79 Å². The van der Waals surface area contributed by atoms with E-state index in [0.717, 1.165) is 11.4 Å². The number of nitrogens with zero attached hydrogens (tertiary/aromatic N) is 3. The van der Waals surface area contributed by atoms with Crippen LogP contribution in [-0.4, -0.2) is 14.5 Å². The summed E-state index contributed by atoms with van der Waals surface area (Å²) < 4.78 is 1.79. The number of benzene rings is 1. The van der Waals surface area contributed by atoms with Crippen molar-refractivity contribution in [2.75, 3.05) is 0 Å². The number of pyridine rings is 1. The molecule has 0 saturated heterocycles. The molecule has 0 aliphatic carbocycles. The third-order valence-electron chi connectivity index (χ3n) is 2.74. The maximum absolute atomic E-state index is 11.1. The number of aromatic nitrogens is 3. The average Bonchev–Trinajstić information content (AvgIpc) is 2.49. The van der Waals surface area contributed by atoms with Gasteiger partial charge in [0.05, 0.1) is 0 Å². The van der Waals surface area contributed by atoms with E-state index in [2.05, 4.69) is 9.97 Å². The molecule has 0 amide bonds. The second-order valence-corrected chi connectivity index (χ2v) is 4.05. The molecule has 0 radical (unpaired) electrons. The molecule has 2 aromatic heterocycles. The Labute approximate surface area is 110 Å². The lowest BCUT2D eigenvalue weighted by atomic mass is 10.2. The van der Waals surface area contributed by atoms with Crippen LogP contribution in [0.25, 0.3) is 17.2 Å². The van der Waals surface area contributed by atoms with Gasteiger partial charge in [-0.25, -0.2) is 9.97 Å². The molecule has 0 aliphatic rings. The summed E-state index contributed by atoms with van der Waals surface area (Å²) in [6.07, 6.45) is 5.10. The molecule has 0 atom stereocenters. The first-order chi connectivity index (χ1) is 9.33. The van der Waals surface area contributed by atoms with E-state index >= 15 is 0 Å². The topological polar surface area (TPSA) is 47.8 Å². The van der Waals surface area contributed by atoms with Crippen molar-refractivity contribution in [3.05, 3.63) is 77.3 Å². The first-order valence-electron chi connectivity index (χ1n) is 5.90. The van der Waals surface area contributed by atoms with Crippen LogP contribution in [0, 0.1) is 0 Å². The van der Waals surface area contributed by atoms with Crippen LogP contribution in [0.4, 0.5) is 0 Å². The van der Waals surface area contributed by atoms with Crippen molar-refractivity contribution in [1.82, 2.24) is 14.5 Å². The minimum Gasteiger partial charge on any atom is -0.308 e. The van der Waals surface area contributed by atoms with E-state index in [4.69, 9.17) is 0 Å². The summed E-state index contributed by atoms with van der Waals surface area (Å²) in [6.45, 7) is 0. The Balaban J connectivity index is 2.05. The van der Waals surface area contributed by atoms with Crippen LogP contribution in [-0.2, 0) is 0 Å². The Morgan fingerprint density at radius 2 is 1.63 bits per heavy atom. The van der Waals surface area contributed by atoms with Crippen molar-refractivity contribution in [2.24, 2.45) is 0 Å². The van der Waals surface area contributed by atoms with Crippen LogP contribution in [0.1, 0.15) is 0 Å². The first kappa shape index (κ1) is 11.3. The Kier molecular flexibility index (Phi) is 2.90. The smallest absolute Gasteiger partial charge is 0.181 e. The monoisotopic (exact) mass is 249 g/mol. The minimum absolute atomic E-state index is 0.0198. The van der Waals surface area contributed by atoms with Gasteiger partial charge in [0.2, 0.25) is 0 Å². The third-order valence-corrected chi connectivity index (χ3v) is 2.74. The molecule has 4 heteroatoms. The zero-order chi connectivity index (χ0) is 13.1. The van der Waals surface area contributed by atoms with Crippen molar-refractivity contribution in [3.63, 3.8) is 0 Å². The van der Waals surface area contributed by atoms with E-state index in [1.807, 2.05) is 30.3 Å². The summed E-state index contributed by atoms with van der Waals surface area (Å²) in [6, 6.07) is 14.6. The Hall–Kier alpha value is -2.75. The second-order valence-electron chi connectivity index (χ2n) is 4.05. The zero-order valence-electron chi connectivity index (χ0n) is 10.1. The molecule has 1 aromatic carbocycles.